The number of amides is 1. The Hall–Kier alpha value is -2.69. The number of nitrogens with zero attached hydrogens (tertiary/aromatic N) is 1. The third kappa shape index (κ3) is 3.66. The number of anilines is 2. The molecule has 0 radical (unpaired) electrons. The summed E-state index contributed by atoms with van der Waals surface area (Å²) in [7, 11) is 0. The minimum absolute atomic E-state index is 0.0115. The lowest BCUT2D eigenvalue weighted by atomic mass is 9.97. The molecule has 1 saturated heterocycles. The van der Waals surface area contributed by atoms with Gasteiger partial charge in [0.2, 0.25) is 5.91 Å². The number of hydrogen-bond donors (Lipinski definition) is 1. The van der Waals surface area contributed by atoms with Crippen molar-refractivity contribution in [2.24, 2.45) is 5.92 Å². The number of piperidine rings is 1. The molecular formula is C24H28N2O3. The van der Waals surface area contributed by atoms with Crippen LogP contribution in [-0.2, 0) is 24.1 Å². The molecule has 2 aromatic rings. The Labute approximate surface area is 172 Å². The van der Waals surface area contributed by atoms with Crippen LogP contribution in [0.5, 0.6) is 11.5 Å². The van der Waals surface area contributed by atoms with Crippen molar-refractivity contribution >= 4 is 17.3 Å². The predicted octanol–water partition coefficient (Wildman–Crippen LogP) is 3.97. The van der Waals surface area contributed by atoms with E-state index in [4.69, 9.17) is 9.47 Å². The van der Waals surface area contributed by atoms with Crippen molar-refractivity contribution in [2.45, 2.75) is 39.0 Å². The smallest absolute Gasteiger partial charge is 0.228 e. The quantitative estimate of drug-likeness (QED) is 0.855. The van der Waals surface area contributed by atoms with Gasteiger partial charge in [0.1, 0.15) is 11.5 Å². The highest BCUT2D eigenvalue weighted by atomic mass is 16.5. The van der Waals surface area contributed by atoms with Crippen LogP contribution in [0.15, 0.2) is 30.3 Å². The van der Waals surface area contributed by atoms with Crippen LogP contribution >= 0.6 is 0 Å². The number of fused-ring (bicyclic) bond motifs is 2. The lowest BCUT2D eigenvalue weighted by Gasteiger charge is -2.32. The number of ether oxygens (including phenoxy) is 2. The molecule has 2 aromatic carbocycles. The van der Waals surface area contributed by atoms with Crippen LogP contribution in [-0.4, -0.2) is 32.2 Å². The molecule has 29 heavy (non-hydrogen) atoms. The Balaban J connectivity index is 1.27. The van der Waals surface area contributed by atoms with Gasteiger partial charge in [-0.05, 0) is 49.1 Å². The van der Waals surface area contributed by atoms with Crippen LogP contribution < -0.4 is 19.7 Å². The molecule has 1 N–H and O–H groups in total. The van der Waals surface area contributed by atoms with Crippen LogP contribution in [0.3, 0.4) is 0 Å². The molecule has 5 rings (SSSR count). The largest absolute Gasteiger partial charge is 0.493 e. The van der Waals surface area contributed by atoms with Crippen molar-refractivity contribution in [2.75, 3.05) is 36.5 Å². The molecule has 152 valence electrons. The zero-order chi connectivity index (χ0) is 19.8. The van der Waals surface area contributed by atoms with Crippen molar-refractivity contribution in [1.29, 1.82) is 0 Å². The van der Waals surface area contributed by atoms with E-state index >= 15 is 0 Å². The van der Waals surface area contributed by atoms with E-state index in [1.54, 1.807) is 0 Å². The Bertz CT molecular complexity index is 882. The molecule has 5 heteroatoms. The van der Waals surface area contributed by atoms with E-state index in [-0.39, 0.29) is 5.91 Å². The third-order valence-corrected chi connectivity index (χ3v) is 6.40. The van der Waals surface area contributed by atoms with E-state index in [1.807, 2.05) is 12.1 Å². The second-order valence-electron chi connectivity index (χ2n) is 8.46. The van der Waals surface area contributed by atoms with Gasteiger partial charge >= 0.3 is 0 Å². The highest BCUT2D eigenvalue weighted by molar-refractivity contribution is 5.93. The fourth-order valence-corrected chi connectivity index (χ4v) is 4.66. The summed E-state index contributed by atoms with van der Waals surface area (Å²) < 4.78 is 11.6. The number of hydrogen-bond acceptors (Lipinski definition) is 4. The van der Waals surface area contributed by atoms with Crippen LogP contribution in [0.1, 0.15) is 36.5 Å². The maximum absolute atomic E-state index is 12.8. The number of carbonyl (C=O) groups excluding carboxylic acids is 1. The third-order valence-electron chi connectivity index (χ3n) is 6.40. The van der Waals surface area contributed by atoms with E-state index in [0.29, 0.717) is 19.6 Å². The van der Waals surface area contributed by atoms with Gasteiger partial charge in [0.15, 0.2) is 0 Å². The lowest BCUT2D eigenvalue weighted by Crippen LogP contribution is -2.32. The zero-order valence-electron chi connectivity index (χ0n) is 17.0. The Kier molecular flexibility index (Phi) is 4.82. The molecule has 0 unspecified atom stereocenters. The molecule has 0 spiro atoms. The molecule has 0 bridgehead atoms. The summed E-state index contributed by atoms with van der Waals surface area (Å²) in [6, 6.07) is 10.3. The zero-order valence-corrected chi connectivity index (χ0v) is 17.0. The molecular weight excluding hydrogens is 364 g/mol. The number of carbonyl (C=O) groups is 1. The molecule has 0 saturated carbocycles. The van der Waals surface area contributed by atoms with Crippen molar-refractivity contribution in [1.82, 2.24) is 0 Å². The van der Waals surface area contributed by atoms with Crippen molar-refractivity contribution in [3.63, 3.8) is 0 Å². The minimum atomic E-state index is -0.0115. The molecule has 3 aliphatic heterocycles. The van der Waals surface area contributed by atoms with Gasteiger partial charge in [0.25, 0.3) is 0 Å². The van der Waals surface area contributed by atoms with Crippen LogP contribution in [0.25, 0.3) is 0 Å². The van der Waals surface area contributed by atoms with Crippen LogP contribution in [0, 0.1) is 5.92 Å². The second-order valence-corrected chi connectivity index (χ2v) is 8.46. The topological polar surface area (TPSA) is 50.8 Å². The Morgan fingerprint density at radius 3 is 2.66 bits per heavy atom. The first-order chi connectivity index (χ1) is 14.2. The molecule has 0 aliphatic carbocycles. The van der Waals surface area contributed by atoms with Crippen molar-refractivity contribution in [3.8, 4) is 11.5 Å². The first kappa shape index (κ1) is 18.3. The number of rotatable bonds is 4. The molecule has 1 amide bonds. The fourth-order valence-electron chi connectivity index (χ4n) is 4.66. The summed E-state index contributed by atoms with van der Waals surface area (Å²) in [6.45, 7) is 5.91. The van der Waals surface area contributed by atoms with E-state index in [1.165, 1.54) is 18.5 Å². The Morgan fingerprint density at radius 2 is 1.86 bits per heavy atom. The molecule has 0 atom stereocenters. The SMILES string of the molecule is CC1CCN(c2ccc(NC(=O)Cc3c4c(cc5c3OCC5)OCC4)cc2)CC1. The lowest BCUT2D eigenvalue weighted by molar-refractivity contribution is -0.115. The normalized spacial score (nSPS) is 18.0. The summed E-state index contributed by atoms with van der Waals surface area (Å²) in [5.41, 5.74) is 5.37. The monoisotopic (exact) mass is 392 g/mol. The average Bonchev–Trinajstić information content (AvgIpc) is 3.38. The van der Waals surface area contributed by atoms with Crippen LogP contribution in [0.2, 0.25) is 0 Å². The van der Waals surface area contributed by atoms with Gasteiger partial charge in [0.05, 0.1) is 19.6 Å². The number of nitrogens with one attached hydrogen (secondary N) is 1. The van der Waals surface area contributed by atoms with E-state index in [2.05, 4.69) is 35.3 Å². The molecule has 1 fully saturated rings. The summed E-state index contributed by atoms with van der Waals surface area (Å²) in [4.78, 5) is 15.2. The predicted molar refractivity (Wildman–Crippen MR) is 114 cm³/mol. The van der Waals surface area contributed by atoms with Crippen molar-refractivity contribution in [3.05, 3.63) is 47.0 Å². The maximum atomic E-state index is 12.8. The molecule has 3 aliphatic rings. The fraction of sp³-hybridized carbons (Fsp3) is 0.458. The van der Waals surface area contributed by atoms with E-state index < -0.39 is 0 Å². The van der Waals surface area contributed by atoms with E-state index in [0.717, 1.165) is 65.7 Å². The number of benzene rings is 2. The van der Waals surface area contributed by atoms with Gasteiger partial charge < -0.3 is 19.7 Å². The minimum Gasteiger partial charge on any atom is -0.493 e. The summed E-state index contributed by atoms with van der Waals surface area (Å²) in [6.07, 6.45) is 4.54. The average molecular weight is 392 g/mol. The Morgan fingerprint density at radius 1 is 1.10 bits per heavy atom. The summed E-state index contributed by atoms with van der Waals surface area (Å²) in [5, 5.41) is 3.06. The van der Waals surface area contributed by atoms with Gasteiger partial charge in [-0.15, -0.1) is 0 Å². The van der Waals surface area contributed by atoms with Gasteiger partial charge in [-0.3, -0.25) is 4.79 Å². The maximum Gasteiger partial charge on any atom is 0.228 e. The highest BCUT2D eigenvalue weighted by Crippen LogP contribution is 2.40. The van der Waals surface area contributed by atoms with Gasteiger partial charge in [-0.1, -0.05) is 6.92 Å². The molecule has 3 heterocycles. The summed E-state index contributed by atoms with van der Waals surface area (Å²) >= 11 is 0. The molecule has 0 aromatic heterocycles. The van der Waals surface area contributed by atoms with Crippen molar-refractivity contribution < 1.29 is 14.3 Å². The first-order valence-electron chi connectivity index (χ1n) is 10.8. The first-order valence-corrected chi connectivity index (χ1v) is 10.8. The standard InChI is InChI=1S/C24H28N2O3/c1-16-6-10-26(11-7-16)19-4-2-18(3-5-19)25-23(27)15-21-20-9-13-28-22(20)14-17-8-12-29-24(17)21/h2-5,14,16H,6-13,15H2,1H3,(H,25,27). The highest BCUT2D eigenvalue weighted by Gasteiger charge is 2.27. The van der Waals surface area contributed by atoms with Gasteiger partial charge in [0, 0.05) is 54.0 Å². The van der Waals surface area contributed by atoms with Crippen LogP contribution in [0.4, 0.5) is 11.4 Å². The molecule has 5 nitrogen and oxygen atoms in total. The van der Waals surface area contributed by atoms with Gasteiger partial charge in [-0.2, -0.15) is 0 Å². The van der Waals surface area contributed by atoms with E-state index in [9.17, 15) is 4.79 Å². The summed E-state index contributed by atoms with van der Waals surface area (Å²) in [5.74, 6) is 2.64. The van der Waals surface area contributed by atoms with Gasteiger partial charge in [-0.25, -0.2) is 0 Å². The second kappa shape index (κ2) is 7.62.